The van der Waals surface area contributed by atoms with Gasteiger partial charge in [-0.25, -0.2) is 0 Å². The second-order valence-corrected chi connectivity index (χ2v) is 5.77. The quantitative estimate of drug-likeness (QED) is 0.392. The number of hydrogen-bond acceptors (Lipinski definition) is 1. The van der Waals surface area contributed by atoms with Crippen LogP contribution in [0.3, 0.4) is 0 Å². The minimum Gasteiger partial charge on any atom is -0.456 e. The van der Waals surface area contributed by atoms with Crippen LogP contribution < -0.4 is 0 Å². The Balaban J connectivity index is 1.88. The number of furan rings is 1. The van der Waals surface area contributed by atoms with Crippen molar-refractivity contribution in [2.24, 2.45) is 0 Å². The summed E-state index contributed by atoms with van der Waals surface area (Å²) in [6.45, 7) is 0. The summed E-state index contributed by atoms with van der Waals surface area (Å²) in [7, 11) is 0. The fourth-order valence-corrected chi connectivity index (χ4v) is 2.93. The Bertz CT molecular complexity index is 997. The van der Waals surface area contributed by atoms with Crippen LogP contribution in [-0.4, -0.2) is 0 Å². The summed E-state index contributed by atoms with van der Waals surface area (Å²) in [6, 6.07) is 22.0. The largest absolute Gasteiger partial charge is 0.456 e. The van der Waals surface area contributed by atoms with Gasteiger partial charge in [0.1, 0.15) is 11.3 Å². The lowest BCUT2D eigenvalue weighted by molar-refractivity contribution is -0.137. The van der Waals surface area contributed by atoms with Crippen molar-refractivity contribution in [2.45, 2.75) is 6.18 Å². The van der Waals surface area contributed by atoms with Gasteiger partial charge in [0.05, 0.1) is 5.56 Å². The van der Waals surface area contributed by atoms with Gasteiger partial charge in [0.25, 0.3) is 0 Å². The van der Waals surface area contributed by atoms with Gasteiger partial charge in [0, 0.05) is 10.9 Å². The summed E-state index contributed by atoms with van der Waals surface area (Å²) in [6.07, 6.45) is -4.45. The van der Waals surface area contributed by atoms with E-state index in [0.717, 1.165) is 11.5 Å². The van der Waals surface area contributed by atoms with Gasteiger partial charge in [-0.05, 0) is 29.3 Å². The molecule has 0 aliphatic carbocycles. The van der Waals surface area contributed by atoms with Crippen LogP contribution in [0, 0.1) is 0 Å². The zero-order chi connectivity index (χ0) is 17.4. The summed E-state index contributed by atoms with van der Waals surface area (Å²) >= 11 is 0. The molecule has 0 aliphatic rings. The Morgan fingerprint density at radius 2 is 1.40 bits per heavy atom. The number of hydrogen-bond donors (Lipinski definition) is 0. The molecule has 0 spiro atoms. The lowest BCUT2D eigenvalue weighted by atomic mass is 9.96. The Hall–Kier alpha value is -3.01. The summed E-state index contributed by atoms with van der Waals surface area (Å²) in [5.41, 5.74) is 1.08. The van der Waals surface area contributed by atoms with Gasteiger partial charge >= 0.3 is 6.18 Å². The van der Waals surface area contributed by atoms with Gasteiger partial charge in [-0.3, -0.25) is 0 Å². The van der Waals surface area contributed by atoms with Crippen molar-refractivity contribution in [3.8, 4) is 22.5 Å². The molecule has 0 unspecified atom stereocenters. The molecule has 0 saturated heterocycles. The molecule has 0 aliphatic heterocycles. The summed E-state index contributed by atoms with van der Waals surface area (Å²) in [5.74, 6) is 0.423. The Morgan fingerprint density at radius 1 is 0.680 bits per heavy atom. The Labute approximate surface area is 142 Å². The first-order chi connectivity index (χ1) is 12.0. The highest BCUT2D eigenvalue weighted by Crippen LogP contribution is 2.40. The van der Waals surface area contributed by atoms with E-state index in [1.807, 2.05) is 18.2 Å². The molecule has 0 radical (unpaired) electrons. The zero-order valence-corrected chi connectivity index (χ0v) is 13.0. The number of rotatable bonds is 2. The third kappa shape index (κ3) is 2.91. The molecule has 25 heavy (non-hydrogen) atoms. The van der Waals surface area contributed by atoms with Gasteiger partial charge in [-0.1, -0.05) is 60.7 Å². The molecule has 4 aromatic rings. The van der Waals surface area contributed by atoms with Gasteiger partial charge in [-0.2, -0.15) is 13.2 Å². The third-order valence-electron chi connectivity index (χ3n) is 4.12. The molecule has 0 N–H and O–H groups in total. The standard InChI is InChI=1S/C21H13F3O/c22-21(23,24)18-12-16(10-11-17(18)14-6-2-1-3-7-14)20-13-15-8-4-5-9-19(15)25-20/h1-13H. The van der Waals surface area contributed by atoms with Crippen molar-refractivity contribution in [3.63, 3.8) is 0 Å². The van der Waals surface area contributed by atoms with E-state index in [1.165, 1.54) is 6.07 Å². The summed E-state index contributed by atoms with van der Waals surface area (Å²) in [5, 5.41) is 0.859. The van der Waals surface area contributed by atoms with Gasteiger partial charge in [0.15, 0.2) is 0 Å². The smallest absolute Gasteiger partial charge is 0.417 e. The van der Waals surface area contributed by atoms with Gasteiger partial charge < -0.3 is 4.42 Å². The molecule has 1 nitrogen and oxygen atoms in total. The predicted octanol–water partition coefficient (Wildman–Crippen LogP) is 6.79. The zero-order valence-electron chi connectivity index (χ0n) is 13.0. The minimum atomic E-state index is -4.45. The molecule has 1 aromatic heterocycles. The molecule has 3 aromatic carbocycles. The van der Waals surface area contributed by atoms with Crippen LogP contribution in [0.1, 0.15) is 5.56 Å². The average Bonchev–Trinajstić information content (AvgIpc) is 3.05. The van der Waals surface area contributed by atoms with Crippen LogP contribution in [0.2, 0.25) is 0 Å². The summed E-state index contributed by atoms with van der Waals surface area (Å²) in [4.78, 5) is 0. The molecule has 0 fully saturated rings. The van der Waals surface area contributed by atoms with E-state index in [9.17, 15) is 13.2 Å². The van der Waals surface area contributed by atoms with Crippen molar-refractivity contribution in [1.29, 1.82) is 0 Å². The van der Waals surface area contributed by atoms with Gasteiger partial charge in [0.2, 0.25) is 0 Å². The van der Waals surface area contributed by atoms with E-state index in [0.29, 0.717) is 22.5 Å². The molecule has 4 heteroatoms. The molecule has 0 amide bonds. The molecule has 0 atom stereocenters. The molecule has 4 rings (SSSR count). The van der Waals surface area contributed by atoms with Crippen LogP contribution in [0.15, 0.2) is 83.3 Å². The maximum atomic E-state index is 13.6. The second kappa shape index (κ2) is 5.81. The Kier molecular flexibility index (Phi) is 3.61. The maximum absolute atomic E-state index is 13.6. The fraction of sp³-hybridized carbons (Fsp3) is 0.0476. The lowest BCUT2D eigenvalue weighted by Gasteiger charge is -2.14. The van der Waals surface area contributed by atoms with E-state index >= 15 is 0 Å². The predicted molar refractivity (Wildman–Crippen MR) is 92.1 cm³/mol. The van der Waals surface area contributed by atoms with Crippen molar-refractivity contribution in [2.75, 3.05) is 0 Å². The van der Waals surface area contributed by atoms with Crippen molar-refractivity contribution in [3.05, 3.63) is 84.4 Å². The van der Waals surface area contributed by atoms with Crippen LogP contribution in [0.5, 0.6) is 0 Å². The number of para-hydroxylation sites is 1. The average molecular weight is 338 g/mol. The molecular weight excluding hydrogens is 325 g/mol. The monoisotopic (exact) mass is 338 g/mol. The van der Waals surface area contributed by atoms with Gasteiger partial charge in [-0.15, -0.1) is 0 Å². The first kappa shape index (κ1) is 15.5. The van der Waals surface area contributed by atoms with Crippen LogP contribution in [0.25, 0.3) is 33.4 Å². The molecule has 0 saturated carbocycles. The summed E-state index contributed by atoms with van der Waals surface area (Å²) < 4.78 is 46.5. The molecule has 124 valence electrons. The first-order valence-electron chi connectivity index (χ1n) is 7.78. The highest BCUT2D eigenvalue weighted by atomic mass is 19.4. The van der Waals surface area contributed by atoms with E-state index < -0.39 is 11.7 Å². The molecular formula is C21H13F3O. The highest BCUT2D eigenvalue weighted by Gasteiger charge is 2.34. The van der Waals surface area contributed by atoms with Crippen molar-refractivity contribution < 1.29 is 17.6 Å². The van der Waals surface area contributed by atoms with Crippen LogP contribution >= 0.6 is 0 Å². The third-order valence-corrected chi connectivity index (χ3v) is 4.12. The first-order valence-corrected chi connectivity index (χ1v) is 7.78. The minimum absolute atomic E-state index is 0.160. The number of alkyl halides is 3. The SMILES string of the molecule is FC(F)(F)c1cc(-c2cc3ccccc3o2)ccc1-c1ccccc1. The number of fused-ring (bicyclic) bond motifs is 1. The highest BCUT2D eigenvalue weighted by molar-refractivity contribution is 5.83. The van der Waals surface area contributed by atoms with Crippen molar-refractivity contribution >= 4 is 11.0 Å². The van der Waals surface area contributed by atoms with Crippen molar-refractivity contribution in [1.82, 2.24) is 0 Å². The van der Waals surface area contributed by atoms with E-state index in [2.05, 4.69) is 0 Å². The normalized spacial score (nSPS) is 11.8. The lowest BCUT2D eigenvalue weighted by Crippen LogP contribution is -2.07. The molecule has 0 bridgehead atoms. The van der Waals surface area contributed by atoms with E-state index in [4.69, 9.17) is 4.42 Å². The Morgan fingerprint density at radius 3 is 2.12 bits per heavy atom. The fourth-order valence-electron chi connectivity index (χ4n) is 2.93. The second-order valence-electron chi connectivity index (χ2n) is 5.77. The topological polar surface area (TPSA) is 13.1 Å². The number of halogens is 3. The van der Waals surface area contributed by atoms with E-state index in [-0.39, 0.29) is 5.56 Å². The van der Waals surface area contributed by atoms with Crippen LogP contribution in [-0.2, 0) is 6.18 Å². The van der Waals surface area contributed by atoms with Crippen LogP contribution in [0.4, 0.5) is 13.2 Å². The van der Waals surface area contributed by atoms with E-state index in [1.54, 1.807) is 48.5 Å². The number of benzene rings is 3. The molecule has 1 heterocycles. The maximum Gasteiger partial charge on any atom is 0.417 e.